The first kappa shape index (κ1) is 14.5. The van der Waals surface area contributed by atoms with Gasteiger partial charge in [0, 0.05) is 24.5 Å². The molecule has 1 aromatic rings. The summed E-state index contributed by atoms with van der Waals surface area (Å²) in [6, 6.07) is 0.168. The van der Waals surface area contributed by atoms with E-state index in [0.29, 0.717) is 12.3 Å². The fraction of sp³-hybridized carbons (Fsp3) is 0.714. The lowest BCUT2D eigenvalue weighted by atomic mass is 9.92. The van der Waals surface area contributed by atoms with Gasteiger partial charge in [-0.2, -0.15) is 0 Å². The van der Waals surface area contributed by atoms with Crippen molar-refractivity contribution in [1.82, 2.24) is 9.88 Å². The molecule has 2 atom stereocenters. The van der Waals surface area contributed by atoms with Crippen molar-refractivity contribution >= 4 is 17.2 Å². The van der Waals surface area contributed by atoms with Crippen molar-refractivity contribution in [2.24, 2.45) is 11.7 Å². The molecule has 0 bridgehead atoms. The third kappa shape index (κ3) is 3.76. The Morgan fingerprint density at radius 2 is 2.47 bits per heavy atom. The molecule has 1 amide bonds. The van der Waals surface area contributed by atoms with Crippen LogP contribution in [0.4, 0.5) is 0 Å². The number of piperidine rings is 1. The van der Waals surface area contributed by atoms with E-state index in [1.54, 1.807) is 11.3 Å². The normalized spacial score (nSPS) is 21.4. The van der Waals surface area contributed by atoms with Crippen molar-refractivity contribution in [3.63, 3.8) is 0 Å². The average molecular weight is 281 g/mol. The number of nitrogens with two attached hydrogens (primary N) is 1. The summed E-state index contributed by atoms with van der Waals surface area (Å²) < 4.78 is 0. The number of likely N-dealkylation sites (tertiary alicyclic amines) is 1. The van der Waals surface area contributed by atoms with Gasteiger partial charge in [0.15, 0.2) is 0 Å². The first-order chi connectivity index (χ1) is 9.10. The lowest BCUT2D eigenvalue weighted by molar-refractivity contribution is -0.132. The van der Waals surface area contributed by atoms with Gasteiger partial charge in [-0.3, -0.25) is 4.79 Å². The standard InChI is InChI=1S/C14H23N3OS/c1-3-13-16-12(9-19-13)7-14(18)17-6-4-5-11(8-17)10(2)15/h9-11H,3-8,15H2,1-2H3. The average Bonchev–Trinajstić information content (AvgIpc) is 2.86. The van der Waals surface area contributed by atoms with Gasteiger partial charge in [-0.25, -0.2) is 4.98 Å². The van der Waals surface area contributed by atoms with Crippen LogP contribution in [-0.4, -0.2) is 34.9 Å². The number of hydrogen-bond acceptors (Lipinski definition) is 4. The molecule has 2 N–H and O–H groups in total. The summed E-state index contributed by atoms with van der Waals surface area (Å²) in [5, 5.41) is 3.11. The van der Waals surface area contributed by atoms with E-state index in [1.165, 1.54) is 0 Å². The van der Waals surface area contributed by atoms with E-state index in [9.17, 15) is 4.79 Å². The van der Waals surface area contributed by atoms with Crippen LogP contribution in [0.15, 0.2) is 5.38 Å². The Kier molecular flexibility index (Phi) is 4.93. The number of nitrogens with zero attached hydrogens (tertiary/aromatic N) is 2. The minimum atomic E-state index is 0.168. The second kappa shape index (κ2) is 6.48. The van der Waals surface area contributed by atoms with Crippen molar-refractivity contribution in [3.05, 3.63) is 16.1 Å². The maximum Gasteiger partial charge on any atom is 0.228 e. The van der Waals surface area contributed by atoms with Gasteiger partial charge in [-0.05, 0) is 32.1 Å². The third-order valence-corrected chi connectivity index (χ3v) is 4.83. The molecule has 0 spiro atoms. The molecule has 5 heteroatoms. The Balaban J connectivity index is 1.92. The first-order valence-electron chi connectivity index (χ1n) is 7.06. The van der Waals surface area contributed by atoms with Gasteiger partial charge < -0.3 is 10.6 Å². The van der Waals surface area contributed by atoms with Crippen LogP contribution in [-0.2, 0) is 17.6 Å². The molecule has 106 valence electrons. The minimum absolute atomic E-state index is 0.168. The predicted octanol–water partition coefficient (Wildman–Crippen LogP) is 1.83. The highest BCUT2D eigenvalue weighted by molar-refractivity contribution is 7.09. The highest BCUT2D eigenvalue weighted by atomic mass is 32.1. The molecule has 2 heterocycles. The number of hydrogen-bond donors (Lipinski definition) is 1. The number of carbonyl (C=O) groups excluding carboxylic acids is 1. The zero-order chi connectivity index (χ0) is 13.8. The number of aromatic nitrogens is 1. The van der Waals surface area contributed by atoms with Gasteiger partial charge in [0.1, 0.15) is 0 Å². The van der Waals surface area contributed by atoms with Crippen LogP contribution in [0.3, 0.4) is 0 Å². The van der Waals surface area contributed by atoms with Crippen molar-refractivity contribution in [2.45, 2.75) is 45.6 Å². The summed E-state index contributed by atoms with van der Waals surface area (Å²) in [7, 11) is 0. The first-order valence-corrected chi connectivity index (χ1v) is 7.94. The number of amides is 1. The molecule has 4 nitrogen and oxygen atoms in total. The molecule has 1 saturated heterocycles. The molecule has 19 heavy (non-hydrogen) atoms. The van der Waals surface area contributed by atoms with Crippen LogP contribution in [0.1, 0.15) is 37.4 Å². The van der Waals surface area contributed by atoms with Crippen LogP contribution in [0.2, 0.25) is 0 Å². The molecule has 1 aliphatic heterocycles. The molecule has 1 aromatic heterocycles. The smallest absolute Gasteiger partial charge is 0.228 e. The van der Waals surface area contributed by atoms with Crippen LogP contribution in [0, 0.1) is 5.92 Å². The molecule has 1 aliphatic rings. The van der Waals surface area contributed by atoms with Crippen LogP contribution in [0.5, 0.6) is 0 Å². The lowest BCUT2D eigenvalue weighted by Gasteiger charge is -2.34. The molecule has 0 aromatic carbocycles. The van der Waals surface area contributed by atoms with Gasteiger partial charge in [0.25, 0.3) is 0 Å². The molecule has 2 rings (SSSR count). The Bertz CT molecular complexity index is 430. The summed E-state index contributed by atoms with van der Waals surface area (Å²) in [5.41, 5.74) is 6.87. The van der Waals surface area contributed by atoms with E-state index in [-0.39, 0.29) is 11.9 Å². The van der Waals surface area contributed by atoms with Crippen molar-refractivity contribution in [3.8, 4) is 0 Å². The number of carbonyl (C=O) groups is 1. The molecule has 2 unspecified atom stereocenters. The Labute approximate surface area is 119 Å². The summed E-state index contributed by atoms with van der Waals surface area (Å²) in [6.07, 6.45) is 3.57. The monoisotopic (exact) mass is 281 g/mol. The highest BCUT2D eigenvalue weighted by Gasteiger charge is 2.26. The molecular weight excluding hydrogens is 258 g/mol. The second-order valence-corrected chi connectivity index (χ2v) is 6.31. The highest BCUT2D eigenvalue weighted by Crippen LogP contribution is 2.20. The van der Waals surface area contributed by atoms with Crippen LogP contribution < -0.4 is 5.73 Å². The zero-order valence-corrected chi connectivity index (χ0v) is 12.6. The van der Waals surface area contributed by atoms with E-state index in [4.69, 9.17) is 5.73 Å². The quantitative estimate of drug-likeness (QED) is 0.916. The number of aryl methyl sites for hydroxylation is 1. The summed E-state index contributed by atoms with van der Waals surface area (Å²) >= 11 is 1.64. The van der Waals surface area contributed by atoms with E-state index < -0.39 is 0 Å². The maximum absolute atomic E-state index is 12.3. The van der Waals surface area contributed by atoms with Crippen LogP contribution in [0.25, 0.3) is 0 Å². The number of thiazole rings is 1. The summed E-state index contributed by atoms with van der Waals surface area (Å²) in [4.78, 5) is 18.7. The maximum atomic E-state index is 12.3. The van der Waals surface area contributed by atoms with Gasteiger partial charge in [0.2, 0.25) is 5.91 Å². The fourth-order valence-corrected chi connectivity index (χ4v) is 3.27. The molecule has 0 saturated carbocycles. The fourth-order valence-electron chi connectivity index (χ4n) is 2.52. The lowest BCUT2D eigenvalue weighted by Crippen LogP contribution is -2.45. The molecular formula is C14H23N3OS. The zero-order valence-electron chi connectivity index (χ0n) is 11.8. The Hall–Kier alpha value is -0.940. The molecule has 0 radical (unpaired) electrons. The topological polar surface area (TPSA) is 59.2 Å². The predicted molar refractivity (Wildman–Crippen MR) is 78.1 cm³/mol. The Morgan fingerprint density at radius 3 is 3.11 bits per heavy atom. The molecule has 0 aliphatic carbocycles. The largest absolute Gasteiger partial charge is 0.342 e. The summed E-state index contributed by atoms with van der Waals surface area (Å²) in [6.45, 7) is 5.79. The van der Waals surface area contributed by atoms with Crippen molar-refractivity contribution in [1.29, 1.82) is 0 Å². The minimum Gasteiger partial charge on any atom is -0.342 e. The Morgan fingerprint density at radius 1 is 1.68 bits per heavy atom. The second-order valence-electron chi connectivity index (χ2n) is 5.36. The van der Waals surface area contributed by atoms with Crippen molar-refractivity contribution < 1.29 is 4.79 Å². The third-order valence-electron chi connectivity index (χ3n) is 3.79. The number of rotatable bonds is 4. The van der Waals surface area contributed by atoms with Gasteiger partial charge in [0.05, 0.1) is 17.1 Å². The SMILES string of the molecule is CCc1nc(CC(=O)N2CCCC(C(C)N)C2)cs1. The van der Waals surface area contributed by atoms with Gasteiger partial charge in [-0.1, -0.05) is 6.92 Å². The van der Waals surface area contributed by atoms with Crippen LogP contribution >= 0.6 is 11.3 Å². The van der Waals surface area contributed by atoms with E-state index in [2.05, 4.69) is 11.9 Å². The summed E-state index contributed by atoms with van der Waals surface area (Å²) in [5.74, 6) is 0.637. The van der Waals surface area contributed by atoms with Crippen molar-refractivity contribution in [2.75, 3.05) is 13.1 Å². The van der Waals surface area contributed by atoms with Gasteiger partial charge in [-0.15, -0.1) is 11.3 Å². The molecule has 1 fully saturated rings. The van der Waals surface area contributed by atoms with Gasteiger partial charge >= 0.3 is 0 Å². The van der Waals surface area contributed by atoms with E-state index in [0.717, 1.165) is 43.1 Å². The van der Waals surface area contributed by atoms with E-state index in [1.807, 2.05) is 17.2 Å². The van der Waals surface area contributed by atoms with E-state index >= 15 is 0 Å².